The number of hydrogen-bond acceptors (Lipinski definition) is 10. The summed E-state index contributed by atoms with van der Waals surface area (Å²) in [5.74, 6) is 3.87. The second-order valence-corrected chi connectivity index (χ2v) is 5.45. The number of anilines is 3. The Hall–Kier alpha value is -1.13. The van der Waals surface area contributed by atoms with Crippen LogP contribution in [0.4, 0.5) is 17.5 Å². The zero-order valence-electron chi connectivity index (χ0n) is 9.71. The molecule has 2 aromatic rings. The molecule has 2 aromatic heterocycles. The first-order valence-corrected chi connectivity index (χ1v) is 7.81. The van der Waals surface area contributed by atoms with Gasteiger partial charge in [-0.15, -0.1) is 0 Å². The fraction of sp³-hybridized carbons (Fsp3) is 0.500. The van der Waals surface area contributed by atoms with Crippen LogP contribution in [0, 0.1) is 0 Å². The summed E-state index contributed by atoms with van der Waals surface area (Å²) in [6.45, 7) is 0.822. The lowest BCUT2D eigenvalue weighted by atomic mass is 10.5. The van der Waals surface area contributed by atoms with Gasteiger partial charge >= 0.3 is 0 Å². The van der Waals surface area contributed by atoms with Gasteiger partial charge in [-0.3, -0.25) is 0 Å². The Balaban J connectivity index is 1.66. The predicted molar refractivity (Wildman–Crippen MR) is 78.4 cm³/mol. The van der Waals surface area contributed by atoms with E-state index in [9.17, 15) is 0 Å². The molecule has 18 heavy (non-hydrogen) atoms. The average Bonchev–Trinajstić information content (AvgIpc) is 2.98. The van der Waals surface area contributed by atoms with Gasteiger partial charge in [0.15, 0.2) is 17.5 Å². The van der Waals surface area contributed by atoms with Gasteiger partial charge < -0.3 is 16.4 Å². The Bertz CT molecular complexity index is 482. The highest BCUT2D eigenvalue weighted by Crippen LogP contribution is 2.18. The molecule has 0 aromatic carbocycles. The minimum atomic E-state index is 0.543. The Morgan fingerprint density at radius 2 is 1.94 bits per heavy atom. The van der Waals surface area contributed by atoms with Crippen LogP contribution in [-0.2, 0) is 5.75 Å². The summed E-state index contributed by atoms with van der Waals surface area (Å²) in [5.41, 5.74) is 6.52. The molecule has 0 saturated carbocycles. The number of nitrogen functional groups attached to an aromatic ring is 1. The molecule has 98 valence electrons. The molecule has 0 spiro atoms. The van der Waals surface area contributed by atoms with Crippen molar-refractivity contribution in [3.8, 4) is 0 Å². The van der Waals surface area contributed by atoms with Crippen LogP contribution < -0.4 is 16.4 Å². The van der Waals surface area contributed by atoms with E-state index in [1.54, 1.807) is 11.8 Å². The number of hydrogen-bond donors (Lipinski definition) is 3. The maximum absolute atomic E-state index is 5.65. The largest absolute Gasteiger partial charge is 0.381 e. The zero-order valence-corrected chi connectivity index (χ0v) is 12.2. The van der Waals surface area contributed by atoms with Gasteiger partial charge in [0, 0.05) is 25.1 Å². The van der Waals surface area contributed by atoms with Gasteiger partial charge in [-0.05, 0) is 0 Å². The lowest BCUT2D eigenvalue weighted by molar-refractivity contribution is 1.19. The minimum absolute atomic E-state index is 0.543. The second kappa shape index (κ2) is 6.71. The molecule has 0 fully saturated rings. The van der Waals surface area contributed by atoms with E-state index in [2.05, 4.69) is 28.1 Å². The van der Waals surface area contributed by atoms with Crippen molar-refractivity contribution >= 4 is 52.7 Å². The molecular formula is C8H13N7S3. The summed E-state index contributed by atoms with van der Waals surface area (Å²) in [6, 6.07) is 0. The van der Waals surface area contributed by atoms with Crippen LogP contribution in [0.25, 0.3) is 0 Å². The monoisotopic (exact) mass is 303 g/mol. The lowest BCUT2D eigenvalue weighted by Gasteiger charge is -2.04. The highest BCUT2D eigenvalue weighted by atomic mass is 32.2. The molecular weight excluding hydrogens is 290 g/mol. The SMILES string of the molecule is CNc1nsnc1NCCSCc1nsnc1N. The van der Waals surface area contributed by atoms with Crippen LogP contribution >= 0.6 is 35.2 Å². The molecule has 0 saturated heterocycles. The van der Waals surface area contributed by atoms with Crippen LogP contribution in [0.2, 0.25) is 0 Å². The van der Waals surface area contributed by atoms with E-state index >= 15 is 0 Å². The third-order valence-corrected chi connectivity index (χ3v) is 4.17. The molecule has 2 heterocycles. The molecule has 4 N–H and O–H groups in total. The molecule has 0 atom stereocenters. The van der Waals surface area contributed by atoms with Crippen molar-refractivity contribution < 1.29 is 0 Å². The fourth-order valence-electron chi connectivity index (χ4n) is 1.19. The van der Waals surface area contributed by atoms with E-state index in [-0.39, 0.29) is 0 Å². The van der Waals surface area contributed by atoms with Gasteiger partial charge in [0.05, 0.1) is 23.5 Å². The smallest absolute Gasteiger partial charge is 0.184 e. The quantitative estimate of drug-likeness (QED) is 0.659. The van der Waals surface area contributed by atoms with Crippen molar-refractivity contribution in [3.05, 3.63) is 5.69 Å². The lowest BCUT2D eigenvalue weighted by Crippen LogP contribution is -2.06. The highest BCUT2D eigenvalue weighted by molar-refractivity contribution is 7.98. The van der Waals surface area contributed by atoms with Gasteiger partial charge in [-0.2, -0.15) is 29.3 Å². The summed E-state index contributed by atoms with van der Waals surface area (Å²) in [7, 11) is 1.83. The number of thioether (sulfide) groups is 1. The topological polar surface area (TPSA) is 102 Å². The van der Waals surface area contributed by atoms with Gasteiger partial charge in [-0.25, -0.2) is 0 Å². The Labute approximate surface area is 117 Å². The Morgan fingerprint density at radius 1 is 1.17 bits per heavy atom. The van der Waals surface area contributed by atoms with E-state index in [0.717, 1.165) is 47.1 Å². The first-order valence-electron chi connectivity index (χ1n) is 5.20. The third-order valence-electron chi connectivity index (χ3n) is 2.09. The molecule has 0 unspecified atom stereocenters. The Morgan fingerprint density at radius 3 is 2.67 bits per heavy atom. The van der Waals surface area contributed by atoms with Crippen molar-refractivity contribution in [2.45, 2.75) is 5.75 Å². The van der Waals surface area contributed by atoms with E-state index in [0.29, 0.717) is 5.82 Å². The van der Waals surface area contributed by atoms with Crippen molar-refractivity contribution in [2.75, 3.05) is 35.7 Å². The first kappa shape index (κ1) is 13.3. The van der Waals surface area contributed by atoms with Gasteiger partial charge in [-0.1, -0.05) is 0 Å². The standard InChI is InChI=1S/C8H13N7S3/c1-10-7-8(15-18-14-7)11-2-3-16-4-5-6(9)13-17-12-5/h2-4H2,1H3,(H2,9,13)(H,10,14)(H,11,15). The normalized spacial score (nSPS) is 10.5. The van der Waals surface area contributed by atoms with Crippen molar-refractivity contribution in [1.82, 2.24) is 17.5 Å². The maximum atomic E-state index is 5.65. The van der Waals surface area contributed by atoms with Gasteiger partial charge in [0.2, 0.25) is 0 Å². The van der Waals surface area contributed by atoms with Crippen LogP contribution in [0.1, 0.15) is 5.69 Å². The minimum Gasteiger partial charge on any atom is -0.381 e. The molecule has 0 aliphatic carbocycles. The van der Waals surface area contributed by atoms with E-state index in [1.165, 1.54) is 11.7 Å². The van der Waals surface area contributed by atoms with Crippen LogP contribution in [0.3, 0.4) is 0 Å². The van der Waals surface area contributed by atoms with E-state index in [1.807, 2.05) is 7.05 Å². The molecule has 7 nitrogen and oxygen atoms in total. The summed E-state index contributed by atoms with van der Waals surface area (Å²) < 4.78 is 16.3. The van der Waals surface area contributed by atoms with E-state index in [4.69, 9.17) is 5.73 Å². The van der Waals surface area contributed by atoms with Crippen LogP contribution in [-0.4, -0.2) is 36.8 Å². The molecule has 2 rings (SSSR count). The summed E-state index contributed by atoms with van der Waals surface area (Å²) in [4.78, 5) is 0. The molecule has 0 amide bonds. The Kier molecular flexibility index (Phi) is 4.96. The molecule has 0 aliphatic rings. The maximum Gasteiger partial charge on any atom is 0.184 e. The number of nitrogens with two attached hydrogens (primary N) is 1. The van der Waals surface area contributed by atoms with E-state index < -0.39 is 0 Å². The summed E-state index contributed by atoms with van der Waals surface area (Å²) in [5, 5.41) is 6.21. The number of aromatic nitrogens is 4. The molecule has 10 heteroatoms. The summed E-state index contributed by atoms with van der Waals surface area (Å²) >= 11 is 4.10. The first-order chi connectivity index (χ1) is 8.81. The molecule has 0 bridgehead atoms. The van der Waals surface area contributed by atoms with Crippen LogP contribution in [0.15, 0.2) is 0 Å². The van der Waals surface area contributed by atoms with Crippen molar-refractivity contribution in [1.29, 1.82) is 0 Å². The predicted octanol–water partition coefficient (Wildman–Crippen LogP) is 1.36. The second-order valence-electron chi connectivity index (χ2n) is 3.29. The van der Waals surface area contributed by atoms with Crippen molar-refractivity contribution in [3.63, 3.8) is 0 Å². The summed E-state index contributed by atoms with van der Waals surface area (Å²) in [6.07, 6.45) is 0. The average molecular weight is 303 g/mol. The number of nitrogens with one attached hydrogen (secondary N) is 2. The zero-order chi connectivity index (χ0) is 12.8. The molecule has 0 aliphatic heterocycles. The van der Waals surface area contributed by atoms with Crippen molar-refractivity contribution in [2.24, 2.45) is 0 Å². The third kappa shape index (κ3) is 3.43. The number of rotatable bonds is 7. The van der Waals surface area contributed by atoms with Crippen LogP contribution in [0.5, 0.6) is 0 Å². The fourth-order valence-corrected chi connectivity index (χ4v) is 3.09. The highest BCUT2D eigenvalue weighted by Gasteiger charge is 2.06. The van der Waals surface area contributed by atoms with Gasteiger partial charge in [0.25, 0.3) is 0 Å². The van der Waals surface area contributed by atoms with Gasteiger partial charge in [0.1, 0.15) is 5.69 Å². The number of nitrogens with zero attached hydrogens (tertiary/aromatic N) is 4. The molecule has 0 radical (unpaired) electrons.